The van der Waals surface area contributed by atoms with Crippen LogP contribution in [-0.2, 0) is 21.1 Å². The Balaban J connectivity index is 1.84. The lowest BCUT2D eigenvalue weighted by molar-refractivity contribution is -0.0455. The Hall–Kier alpha value is -1.13. The molecule has 21 heavy (non-hydrogen) atoms. The van der Waals surface area contributed by atoms with Crippen molar-refractivity contribution >= 4 is 9.84 Å². The molecule has 1 aliphatic heterocycles. The fourth-order valence-electron chi connectivity index (χ4n) is 2.08. The lowest BCUT2D eigenvalue weighted by atomic mass is 10.2. The van der Waals surface area contributed by atoms with E-state index in [2.05, 4.69) is 5.10 Å². The minimum atomic E-state index is -5.19. The number of rotatable bonds is 5. The fraction of sp³-hybridized carbons (Fsp3) is 0.727. The van der Waals surface area contributed by atoms with E-state index in [1.807, 2.05) is 0 Å². The zero-order valence-electron chi connectivity index (χ0n) is 11.2. The molecule has 0 bridgehead atoms. The summed E-state index contributed by atoms with van der Waals surface area (Å²) in [7, 11) is -5.06. The summed E-state index contributed by atoms with van der Waals surface area (Å²) in [4.78, 5) is 1.67. The summed E-state index contributed by atoms with van der Waals surface area (Å²) in [6.07, 6.45) is 3.17. The van der Waals surface area contributed by atoms with E-state index in [4.69, 9.17) is 4.74 Å². The Morgan fingerprint density at radius 2 is 2.14 bits per heavy atom. The van der Waals surface area contributed by atoms with Gasteiger partial charge in [-0.3, -0.25) is 9.58 Å². The molecule has 6 nitrogen and oxygen atoms in total. The van der Waals surface area contributed by atoms with Crippen LogP contribution in [0, 0.1) is 0 Å². The predicted octanol–water partition coefficient (Wildman–Crippen LogP) is 0.518. The molecule has 1 aliphatic rings. The number of hydrogen-bond donors (Lipinski definition) is 0. The third kappa shape index (κ3) is 4.42. The first-order chi connectivity index (χ1) is 9.78. The van der Waals surface area contributed by atoms with Crippen LogP contribution in [-0.4, -0.2) is 66.7 Å². The average molecular weight is 327 g/mol. The third-order valence-corrected chi connectivity index (χ3v) is 4.63. The predicted molar refractivity (Wildman–Crippen MR) is 68.2 cm³/mol. The number of sulfone groups is 1. The molecule has 0 radical (unpaired) electrons. The number of hydrogen-bond acceptors (Lipinski definition) is 5. The van der Waals surface area contributed by atoms with Gasteiger partial charge in [-0.2, -0.15) is 18.3 Å². The smallest absolute Gasteiger partial charge is 0.374 e. The van der Waals surface area contributed by atoms with Gasteiger partial charge in [-0.25, -0.2) is 8.42 Å². The van der Waals surface area contributed by atoms with Crippen molar-refractivity contribution < 1.29 is 26.3 Å². The summed E-state index contributed by atoms with van der Waals surface area (Å²) in [5.41, 5.74) is -5.19. The van der Waals surface area contributed by atoms with Crippen LogP contribution in [0.2, 0.25) is 0 Å². The Labute approximate surface area is 120 Å². The van der Waals surface area contributed by atoms with Gasteiger partial charge < -0.3 is 4.74 Å². The molecule has 1 aromatic heterocycles. The van der Waals surface area contributed by atoms with Gasteiger partial charge in [-0.1, -0.05) is 0 Å². The van der Waals surface area contributed by atoms with E-state index in [9.17, 15) is 21.6 Å². The quantitative estimate of drug-likeness (QED) is 0.789. The summed E-state index contributed by atoms with van der Waals surface area (Å²) in [6, 6.07) is 1.76. The van der Waals surface area contributed by atoms with E-state index in [0.717, 1.165) is 0 Å². The Kier molecular flexibility index (Phi) is 4.89. The van der Waals surface area contributed by atoms with E-state index in [-0.39, 0.29) is 12.6 Å². The summed E-state index contributed by atoms with van der Waals surface area (Å²) in [6.45, 7) is 1.49. The molecule has 0 aromatic carbocycles. The van der Waals surface area contributed by atoms with Crippen LogP contribution in [0.4, 0.5) is 13.2 Å². The highest BCUT2D eigenvalue weighted by Gasteiger charge is 2.45. The monoisotopic (exact) mass is 327 g/mol. The van der Waals surface area contributed by atoms with Gasteiger partial charge in [0.1, 0.15) is 0 Å². The molecular weight excluding hydrogens is 311 g/mol. The highest BCUT2D eigenvalue weighted by molar-refractivity contribution is 7.92. The maximum Gasteiger partial charge on any atom is 0.497 e. The molecule has 10 heteroatoms. The van der Waals surface area contributed by atoms with E-state index in [1.165, 1.54) is 0 Å². The molecule has 0 aliphatic carbocycles. The maximum absolute atomic E-state index is 12.3. The maximum atomic E-state index is 12.3. The summed E-state index contributed by atoms with van der Waals surface area (Å²) >= 11 is 0. The Bertz CT molecular complexity index is 545. The van der Waals surface area contributed by atoms with Crippen molar-refractivity contribution in [2.45, 2.75) is 18.2 Å². The van der Waals surface area contributed by atoms with Crippen LogP contribution >= 0.6 is 0 Å². The second kappa shape index (κ2) is 6.32. The van der Waals surface area contributed by atoms with Crippen LogP contribution in [0.15, 0.2) is 18.5 Å². The van der Waals surface area contributed by atoms with Crippen LogP contribution in [0.3, 0.4) is 0 Å². The van der Waals surface area contributed by atoms with Crippen LogP contribution in [0.5, 0.6) is 0 Å². The number of aromatic nitrogens is 2. The van der Waals surface area contributed by atoms with Gasteiger partial charge in [0.2, 0.25) is 9.84 Å². The van der Waals surface area contributed by atoms with Gasteiger partial charge in [-0.15, -0.1) is 0 Å². The SMILES string of the molecule is O=S(=O)(CCN1CCO[C@H](Cn2cccn2)C1)C(F)(F)F. The number of halogens is 3. The van der Waals surface area contributed by atoms with Crippen molar-refractivity contribution in [2.75, 3.05) is 32.0 Å². The molecule has 0 amide bonds. The molecule has 0 spiro atoms. The molecule has 1 aromatic rings. The molecular formula is C11H16F3N3O3S. The first kappa shape index (κ1) is 16.2. The minimum Gasteiger partial charge on any atom is -0.374 e. The molecule has 1 atom stereocenters. The van der Waals surface area contributed by atoms with Gasteiger partial charge in [-0.05, 0) is 6.07 Å². The standard InChI is InChI=1S/C11H16F3N3O3S/c12-11(13,14)21(18,19)7-5-16-4-6-20-10(8-16)9-17-3-1-2-15-17/h1-3,10H,4-9H2/t10-/m0/s1. The molecule has 1 fully saturated rings. The first-order valence-corrected chi connectivity index (χ1v) is 8.03. The highest BCUT2D eigenvalue weighted by atomic mass is 32.2. The summed E-state index contributed by atoms with van der Waals surface area (Å²) in [5, 5.41) is 4.03. The molecule has 2 heterocycles. The lowest BCUT2D eigenvalue weighted by Crippen LogP contribution is -2.46. The van der Waals surface area contributed by atoms with Gasteiger partial charge >= 0.3 is 5.51 Å². The largest absolute Gasteiger partial charge is 0.497 e. The number of ether oxygens (including phenoxy) is 1. The topological polar surface area (TPSA) is 64.4 Å². The van der Waals surface area contributed by atoms with Crippen molar-refractivity contribution in [3.63, 3.8) is 0 Å². The first-order valence-electron chi connectivity index (χ1n) is 6.38. The van der Waals surface area contributed by atoms with Gasteiger partial charge in [0.05, 0.1) is 25.0 Å². The van der Waals surface area contributed by atoms with E-state index in [0.29, 0.717) is 26.2 Å². The molecule has 0 unspecified atom stereocenters. The zero-order valence-corrected chi connectivity index (χ0v) is 12.0. The molecule has 0 N–H and O–H groups in total. The summed E-state index contributed by atoms with van der Waals surface area (Å²) < 4.78 is 66.1. The number of nitrogens with zero attached hydrogens (tertiary/aromatic N) is 3. The number of morpholine rings is 1. The fourth-order valence-corrected chi connectivity index (χ4v) is 2.81. The Morgan fingerprint density at radius 3 is 2.76 bits per heavy atom. The molecule has 1 saturated heterocycles. The number of alkyl halides is 3. The van der Waals surface area contributed by atoms with Crippen molar-refractivity contribution in [2.24, 2.45) is 0 Å². The van der Waals surface area contributed by atoms with Gasteiger partial charge in [0.25, 0.3) is 0 Å². The normalized spacial score (nSPS) is 21.6. The zero-order chi connectivity index (χ0) is 15.5. The molecule has 2 rings (SSSR count). The van der Waals surface area contributed by atoms with Crippen molar-refractivity contribution in [3.05, 3.63) is 18.5 Å². The highest BCUT2D eigenvalue weighted by Crippen LogP contribution is 2.23. The van der Waals surface area contributed by atoms with E-state index >= 15 is 0 Å². The Morgan fingerprint density at radius 1 is 1.38 bits per heavy atom. The second-order valence-electron chi connectivity index (χ2n) is 4.79. The van der Waals surface area contributed by atoms with Crippen LogP contribution in [0.1, 0.15) is 0 Å². The summed E-state index contributed by atoms with van der Waals surface area (Å²) in [5.74, 6) is -0.926. The molecule has 0 saturated carbocycles. The lowest BCUT2D eigenvalue weighted by Gasteiger charge is -2.32. The van der Waals surface area contributed by atoms with Crippen molar-refractivity contribution in [3.8, 4) is 0 Å². The van der Waals surface area contributed by atoms with Gasteiger partial charge in [0.15, 0.2) is 0 Å². The molecule has 120 valence electrons. The van der Waals surface area contributed by atoms with E-state index in [1.54, 1.807) is 28.0 Å². The van der Waals surface area contributed by atoms with Crippen LogP contribution in [0.25, 0.3) is 0 Å². The van der Waals surface area contributed by atoms with Crippen molar-refractivity contribution in [1.29, 1.82) is 0 Å². The van der Waals surface area contributed by atoms with Gasteiger partial charge in [0, 0.05) is 32.0 Å². The minimum absolute atomic E-state index is 0.152. The third-order valence-electron chi connectivity index (χ3n) is 3.20. The second-order valence-corrected chi connectivity index (χ2v) is 6.89. The van der Waals surface area contributed by atoms with Crippen LogP contribution < -0.4 is 0 Å². The van der Waals surface area contributed by atoms with E-state index < -0.39 is 21.1 Å². The van der Waals surface area contributed by atoms with Crippen molar-refractivity contribution in [1.82, 2.24) is 14.7 Å². The average Bonchev–Trinajstić information content (AvgIpc) is 2.88.